The van der Waals surface area contributed by atoms with Gasteiger partial charge in [-0.2, -0.15) is 18.3 Å². The summed E-state index contributed by atoms with van der Waals surface area (Å²) in [6.07, 6.45) is -6.43. The molecule has 204 valence electrons. The van der Waals surface area contributed by atoms with Gasteiger partial charge in [-0.05, 0) is 35.9 Å². The third kappa shape index (κ3) is 5.62. The Balaban J connectivity index is 1.71. The molecule has 2 aromatic heterocycles. The van der Waals surface area contributed by atoms with E-state index in [-0.39, 0.29) is 22.5 Å². The highest BCUT2D eigenvalue weighted by atomic mass is 35.5. The van der Waals surface area contributed by atoms with Gasteiger partial charge in [-0.1, -0.05) is 23.7 Å². The normalized spacial score (nSPS) is 13.2. The predicted molar refractivity (Wildman–Crippen MR) is 131 cm³/mol. The number of alkyl halides is 3. The minimum Gasteiger partial charge on any atom is -0.497 e. The van der Waals surface area contributed by atoms with Gasteiger partial charge in [0.2, 0.25) is 0 Å². The lowest BCUT2D eigenvalue weighted by Crippen LogP contribution is -2.42. The highest BCUT2D eigenvalue weighted by Gasteiger charge is 2.37. The Kier molecular flexibility index (Phi) is 7.72. The number of aliphatic hydroxyl groups excluding tert-OH is 2. The van der Waals surface area contributed by atoms with E-state index in [1.165, 1.54) is 31.4 Å². The number of nitrogens with zero attached hydrogens (tertiary/aromatic N) is 4. The Hall–Kier alpha value is -4.27. The summed E-state index contributed by atoms with van der Waals surface area (Å²) in [4.78, 5) is 27.4. The zero-order chi connectivity index (χ0) is 28.5. The number of benzene rings is 2. The van der Waals surface area contributed by atoms with E-state index in [1.807, 2.05) is 0 Å². The summed E-state index contributed by atoms with van der Waals surface area (Å²) >= 11 is 6.27. The number of hydrogen-bond donors (Lipinski definition) is 3. The summed E-state index contributed by atoms with van der Waals surface area (Å²) in [5.41, 5.74) is -2.27. The summed E-state index contributed by atoms with van der Waals surface area (Å²) in [7, 11) is 1.40. The number of amides is 1. The number of ether oxygens (including phenoxy) is 1. The van der Waals surface area contributed by atoms with Gasteiger partial charge in [-0.25, -0.2) is 9.50 Å². The second-order valence-corrected chi connectivity index (χ2v) is 8.59. The number of aliphatic hydroxyl groups is 2. The molecule has 0 aliphatic rings. The van der Waals surface area contributed by atoms with Crippen LogP contribution >= 0.6 is 11.6 Å². The zero-order valence-corrected chi connectivity index (χ0v) is 20.6. The topological polar surface area (TPSA) is 152 Å². The summed E-state index contributed by atoms with van der Waals surface area (Å²) in [5, 5.41) is 36.7. The third-order valence-electron chi connectivity index (χ3n) is 5.74. The smallest absolute Gasteiger partial charge is 0.433 e. The fourth-order valence-corrected chi connectivity index (χ4v) is 4.00. The van der Waals surface area contributed by atoms with Crippen molar-refractivity contribution in [2.24, 2.45) is 0 Å². The van der Waals surface area contributed by atoms with Gasteiger partial charge >= 0.3 is 6.18 Å². The lowest BCUT2D eigenvalue weighted by molar-refractivity contribution is -0.384. The van der Waals surface area contributed by atoms with Crippen LogP contribution in [-0.4, -0.2) is 55.4 Å². The molecule has 0 saturated heterocycles. The number of nitro benzene ring substituents is 1. The van der Waals surface area contributed by atoms with Crippen LogP contribution in [0.15, 0.2) is 54.6 Å². The van der Waals surface area contributed by atoms with E-state index in [4.69, 9.17) is 16.3 Å². The molecule has 11 nitrogen and oxygen atoms in total. The molecule has 2 unspecified atom stereocenters. The third-order valence-corrected chi connectivity index (χ3v) is 6.09. The zero-order valence-electron chi connectivity index (χ0n) is 19.9. The number of hydrogen-bond acceptors (Lipinski definition) is 8. The van der Waals surface area contributed by atoms with Crippen molar-refractivity contribution < 1.29 is 37.8 Å². The molecule has 0 aliphatic carbocycles. The van der Waals surface area contributed by atoms with Crippen molar-refractivity contribution >= 4 is 28.8 Å². The van der Waals surface area contributed by atoms with Gasteiger partial charge in [-0.15, -0.1) is 0 Å². The number of fused-ring (bicyclic) bond motifs is 1. The number of non-ortho nitro benzene ring substituents is 1. The molecule has 2 aromatic carbocycles. The number of carbonyl (C=O) groups excluding carboxylic acids is 1. The molecule has 1 amide bonds. The summed E-state index contributed by atoms with van der Waals surface area (Å²) < 4.78 is 47.4. The van der Waals surface area contributed by atoms with Crippen LogP contribution in [0.25, 0.3) is 16.9 Å². The Labute approximate surface area is 222 Å². The van der Waals surface area contributed by atoms with Crippen molar-refractivity contribution in [3.63, 3.8) is 0 Å². The first kappa shape index (κ1) is 27.8. The van der Waals surface area contributed by atoms with E-state index < -0.39 is 57.8 Å². The van der Waals surface area contributed by atoms with Crippen molar-refractivity contribution in [1.82, 2.24) is 19.9 Å². The minimum absolute atomic E-state index is 0.107. The molecule has 0 spiro atoms. The van der Waals surface area contributed by atoms with Crippen molar-refractivity contribution in [1.29, 1.82) is 0 Å². The standard InChI is InChI=1S/C24H19ClF3N5O6/c1-39-15-4-2-3-13(9-15)16-10-18(24(26,27)28)32-22(29-16)19(25)20(31-32)23(36)30-17(11-34)21(35)12-5-7-14(8-6-12)33(37)38/h2-10,17,21,34-35H,11H2,1H3,(H,30,36). The lowest BCUT2D eigenvalue weighted by Gasteiger charge is -2.22. The van der Waals surface area contributed by atoms with Crippen LogP contribution in [0.3, 0.4) is 0 Å². The molecular weight excluding hydrogens is 547 g/mol. The molecule has 0 fully saturated rings. The first-order valence-corrected chi connectivity index (χ1v) is 11.5. The maximum atomic E-state index is 14.0. The lowest BCUT2D eigenvalue weighted by atomic mass is 10.0. The van der Waals surface area contributed by atoms with Crippen LogP contribution in [0.4, 0.5) is 18.9 Å². The van der Waals surface area contributed by atoms with E-state index in [0.717, 1.165) is 18.2 Å². The molecule has 3 N–H and O–H groups in total. The van der Waals surface area contributed by atoms with Crippen LogP contribution in [0.1, 0.15) is 27.8 Å². The maximum absolute atomic E-state index is 14.0. The van der Waals surface area contributed by atoms with Gasteiger partial charge in [0.25, 0.3) is 11.6 Å². The Morgan fingerprint density at radius 2 is 1.92 bits per heavy atom. The van der Waals surface area contributed by atoms with Gasteiger partial charge in [-0.3, -0.25) is 14.9 Å². The molecule has 2 atom stereocenters. The quantitative estimate of drug-likeness (QED) is 0.215. The molecule has 0 aliphatic heterocycles. The number of methoxy groups -OCH3 is 1. The molecule has 0 bridgehead atoms. The second kappa shape index (κ2) is 10.8. The van der Waals surface area contributed by atoms with Crippen LogP contribution in [0.2, 0.25) is 5.02 Å². The molecule has 0 radical (unpaired) electrons. The molecular formula is C24H19ClF3N5O6. The molecule has 2 heterocycles. The maximum Gasteiger partial charge on any atom is 0.433 e. The van der Waals surface area contributed by atoms with Crippen molar-refractivity contribution in [3.05, 3.63) is 86.7 Å². The average molecular weight is 566 g/mol. The number of nitro groups is 1. The van der Waals surface area contributed by atoms with Gasteiger partial charge in [0, 0.05) is 17.7 Å². The minimum atomic E-state index is -4.91. The van der Waals surface area contributed by atoms with Crippen LogP contribution in [0.5, 0.6) is 5.75 Å². The number of carbonyl (C=O) groups is 1. The molecule has 39 heavy (non-hydrogen) atoms. The van der Waals surface area contributed by atoms with Gasteiger partial charge < -0.3 is 20.3 Å². The van der Waals surface area contributed by atoms with Crippen LogP contribution in [0, 0.1) is 10.1 Å². The van der Waals surface area contributed by atoms with Crippen molar-refractivity contribution in [2.75, 3.05) is 13.7 Å². The number of rotatable bonds is 8. The fourth-order valence-electron chi connectivity index (χ4n) is 3.76. The highest BCUT2D eigenvalue weighted by Crippen LogP contribution is 2.35. The van der Waals surface area contributed by atoms with E-state index in [1.54, 1.807) is 12.1 Å². The molecule has 4 aromatic rings. The first-order chi connectivity index (χ1) is 18.4. The second-order valence-electron chi connectivity index (χ2n) is 8.21. The Bertz CT molecular complexity index is 1540. The summed E-state index contributed by atoms with van der Waals surface area (Å²) in [6, 6.07) is 10.3. The fraction of sp³-hybridized carbons (Fsp3) is 0.208. The number of aromatic nitrogens is 3. The average Bonchev–Trinajstić information content (AvgIpc) is 3.26. The Morgan fingerprint density at radius 1 is 1.23 bits per heavy atom. The predicted octanol–water partition coefficient (Wildman–Crippen LogP) is 3.81. The largest absolute Gasteiger partial charge is 0.497 e. The number of nitrogens with one attached hydrogen (secondary N) is 1. The van der Waals surface area contributed by atoms with Gasteiger partial charge in [0.15, 0.2) is 17.0 Å². The van der Waals surface area contributed by atoms with Gasteiger partial charge in [0.1, 0.15) is 16.9 Å². The van der Waals surface area contributed by atoms with E-state index >= 15 is 0 Å². The Morgan fingerprint density at radius 3 is 2.51 bits per heavy atom. The van der Waals surface area contributed by atoms with E-state index in [9.17, 15) is 38.3 Å². The summed E-state index contributed by atoms with van der Waals surface area (Å²) in [6.45, 7) is -0.791. The monoisotopic (exact) mass is 565 g/mol. The first-order valence-electron chi connectivity index (χ1n) is 11.1. The molecule has 0 saturated carbocycles. The molecule has 4 rings (SSSR count). The highest BCUT2D eigenvalue weighted by molar-refractivity contribution is 6.36. The van der Waals surface area contributed by atoms with Crippen LogP contribution < -0.4 is 10.1 Å². The van der Waals surface area contributed by atoms with Crippen molar-refractivity contribution in [2.45, 2.75) is 18.3 Å². The van der Waals surface area contributed by atoms with Gasteiger partial charge in [0.05, 0.1) is 30.4 Å². The summed E-state index contributed by atoms with van der Waals surface area (Å²) in [5.74, 6) is -0.717. The van der Waals surface area contributed by atoms with Crippen molar-refractivity contribution in [3.8, 4) is 17.0 Å². The van der Waals surface area contributed by atoms with Crippen LogP contribution in [-0.2, 0) is 6.18 Å². The number of halogens is 4. The SMILES string of the molecule is COc1cccc(-c2cc(C(F)(F)F)n3nc(C(=O)NC(CO)C(O)c4ccc([N+](=O)[O-])cc4)c(Cl)c3n2)c1. The van der Waals surface area contributed by atoms with E-state index in [2.05, 4.69) is 15.4 Å². The van der Waals surface area contributed by atoms with E-state index in [0.29, 0.717) is 10.3 Å². The molecule has 15 heteroatoms.